The molecule has 0 aliphatic rings. The number of benzene rings is 1. The summed E-state index contributed by atoms with van der Waals surface area (Å²) >= 11 is 9.36. The molecule has 0 aliphatic carbocycles. The van der Waals surface area contributed by atoms with Crippen LogP contribution in [0.3, 0.4) is 0 Å². The molecule has 3 rings (SSSR count). The summed E-state index contributed by atoms with van der Waals surface area (Å²) in [6.45, 7) is 1.72. The fraction of sp³-hybridized carbons (Fsp3) is 0.0667. The van der Waals surface area contributed by atoms with Crippen LogP contribution in [0.1, 0.15) is 16.1 Å². The number of fused-ring (bicyclic) bond motifs is 1. The van der Waals surface area contributed by atoms with Gasteiger partial charge in [-0.2, -0.15) is 5.10 Å². The summed E-state index contributed by atoms with van der Waals surface area (Å²) in [6, 6.07) is 7.49. The number of carboxylic acid groups (broad SMARTS) is 1. The van der Waals surface area contributed by atoms with E-state index in [1.165, 1.54) is 22.7 Å². The molecule has 0 atom stereocenters. The molecule has 3 aromatic rings. The minimum atomic E-state index is -1.08. The molecule has 0 fully saturated rings. The van der Waals surface area contributed by atoms with Crippen LogP contribution < -0.4 is 0 Å². The van der Waals surface area contributed by atoms with Crippen LogP contribution in [0.15, 0.2) is 34.9 Å². The lowest BCUT2D eigenvalue weighted by Gasteiger charge is -2.07. The molecule has 2 aromatic heterocycles. The van der Waals surface area contributed by atoms with Gasteiger partial charge in [-0.1, -0.05) is 17.7 Å². The maximum Gasteiger partial charge on any atom is 0.338 e. The van der Waals surface area contributed by atoms with Crippen LogP contribution in [-0.4, -0.2) is 20.7 Å². The first-order valence-corrected chi connectivity index (χ1v) is 7.44. The van der Waals surface area contributed by atoms with Crippen LogP contribution in [0.4, 0.5) is 4.39 Å². The van der Waals surface area contributed by atoms with Gasteiger partial charge in [-0.3, -0.25) is 0 Å². The number of aromatic carboxylic acids is 1. The van der Waals surface area contributed by atoms with Crippen molar-refractivity contribution in [3.8, 4) is 11.1 Å². The number of carboxylic acids is 1. The molecule has 22 heavy (non-hydrogen) atoms. The highest BCUT2D eigenvalue weighted by Crippen LogP contribution is 2.37. The molecule has 0 unspecified atom stereocenters. The topological polar surface area (TPSA) is 54.6 Å². The maximum atomic E-state index is 14.2. The molecular weight excluding hydrogens is 375 g/mol. The van der Waals surface area contributed by atoms with E-state index in [1.54, 1.807) is 19.1 Å². The number of pyridine rings is 1. The van der Waals surface area contributed by atoms with E-state index in [4.69, 9.17) is 16.7 Å². The van der Waals surface area contributed by atoms with Crippen molar-refractivity contribution in [2.45, 2.75) is 6.92 Å². The number of rotatable bonds is 2. The molecule has 0 spiro atoms. The van der Waals surface area contributed by atoms with E-state index >= 15 is 0 Å². The highest BCUT2D eigenvalue weighted by Gasteiger charge is 2.21. The van der Waals surface area contributed by atoms with Crippen molar-refractivity contribution < 1.29 is 14.3 Å². The molecule has 0 saturated heterocycles. The van der Waals surface area contributed by atoms with Crippen molar-refractivity contribution in [2.24, 2.45) is 0 Å². The van der Waals surface area contributed by atoms with Crippen molar-refractivity contribution in [3.05, 3.63) is 57.0 Å². The van der Waals surface area contributed by atoms with E-state index in [0.29, 0.717) is 21.4 Å². The first-order valence-electron chi connectivity index (χ1n) is 6.27. The lowest BCUT2D eigenvalue weighted by atomic mass is 10.0. The summed E-state index contributed by atoms with van der Waals surface area (Å²) in [6.07, 6.45) is 0. The summed E-state index contributed by atoms with van der Waals surface area (Å²) in [5.74, 6) is -1.53. The van der Waals surface area contributed by atoms with Crippen LogP contribution in [0.25, 0.3) is 16.6 Å². The van der Waals surface area contributed by atoms with Gasteiger partial charge in [0.15, 0.2) is 0 Å². The van der Waals surface area contributed by atoms with Gasteiger partial charge >= 0.3 is 5.97 Å². The summed E-state index contributed by atoms with van der Waals surface area (Å²) in [5.41, 5.74) is 1.99. The van der Waals surface area contributed by atoms with E-state index in [2.05, 4.69) is 21.0 Å². The predicted octanol–water partition coefficient (Wildman–Crippen LogP) is 4.56. The van der Waals surface area contributed by atoms with Gasteiger partial charge in [0.05, 0.1) is 21.8 Å². The third-order valence-corrected chi connectivity index (χ3v) is 4.43. The normalized spacial score (nSPS) is 11.1. The van der Waals surface area contributed by atoms with Crippen molar-refractivity contribution in [1.29, 1.82) is 0 Å². The second-order valence-corrected chi connectivity index (χ2v) is 5.86. The van der Waals surface area contributed by atoms with Crippen LogP contribution in [0, 0.1) is 12.7 Å². The number of aryl methyl sites for hydroxylation is 1. The SMILES string of the molecule is Cc1nn2c(Br)c(C(=O)O)ccc2c1-c1c(F)cccc1Cl. The van der Waals surface area contributed by atoms with E-state index in [1.807, 2.05) is 0 Å². The quantitative estimate of drug-likeness (QED) is 0.660. The molecule has 112 valence electrons. The first kappa shape index (κ1) is 15.0. The van der Waals surface area contributed by atoms with Gasteiger partial charge < -0.3 is 5.11 Å². The molecule has 0 aliphatic heterocycles. The monoisotopic (exact) mass is 382 g/mol. The van der Waals surface area contributed by atoms with Crippen molar-refractivity contribution in [2.75, 3.05) is 0 Å². The molecule has 1 aromatic carbocycles. The van der Waals surface area contributed by atoms with E-state index in [0.717, 1.165) is 0 Å². The Morgan fingerprint density at radius 1 is 1.32 bits per heavy atom. The molecule has 1 N–H and O–H groups in total. The zero-order valence-electron chi connectivity index (χ0n) is 11.3. The Kier molecular flexibility index (Phi) is 3.66. The Hall–Kier alpha value is -1.92. The zero-order chi connectivity index (χ0) is 16.0. The van der Waals surface area contributed by atoms with Gasteiger partial charge in [0, 0.05) is 11.1 Å². The average Bonchev–Trinajstić information content (AvgIpc) is 2.77. The second-order valence-electron chi connectivity index (χ2n) is 4.70. The number of carbonyl (C=O) groups is 1. The predicted molar refractivity (Wildman–Crippen MR) is 85.0 cm³/mol. The van der Waals surface area contributed by atoms with Crippen LogP contribution in [0.5, 0.6) is 0 Å². The third kappa shape index (κ3) is 2.19. The highest BCUT2D eigenvalue weighted by molar-refractivity contribution is 9.10. The molecule has 0 bridgehead atoms. The van der Waals surface area contributed by atoms with E-state index < -0.39 is 11.8 Å². The highest BCUT2D eigenvalue weighted by atomic mass is 79.9. The minimum absolute atomic E-state index is 0.0705. The van der Waals surface area contributed by atoms with Gasteiger partial charge in [-0.05, 0) is 47.1 Å². The van der Waals surface area contributed by atoms with Gasteiger partial charge in [0.1, 0.15) is 10.4 Å². The minimum Gasteiger partial charge on any atom is -0.478 e. The molecule has 7 heteroatoms. The van der Waals surface area contributed by atoms with Gasteiger partial charge in [0.2, 0.25) is 0 Å². The lowest BCUT2D eigenvalue weighted by molar-refractivity contribution is 0.0695. The smallest absolute Gasteiger partial charge is 0.338 e. The Labute approximate surface area is 138 Å². The third-order valence-electron chi connectivity index (χ3n) is 3.36. The Morgan fingerprint density at radius 3 is 2.68 bits per heavy atom. The summed E-state index contributed by atoms with van der Waals surface area (Å²) < 4.78 is 15.9. The summed E-state index contributed by atoms with van der Waals surface area (Å²) in [4.78, 5) is 11.2. The molecular formula is C15H9BrClFN2O2. The Morgan fingerprint density at radius 2 is 2.05 bits per heavy atom. The fourth-order valence-electron chi connectivity index (χ4n) is 2.40. The molecule has 0 radical (unpaired) electrons. The zero-order valence-corrected chi connectivity index (χ0v) is 13.6. The number of hydrogen-bond acceptors (Lipinski definition) is 2. The fourth-order valence-corrected chi connectivity index (χ4v) is 3.23. The first-order chi connectivity index (χ1) is 10.4. The maximum absolute atomic E-state index is 14.2. The van der Waals surface area contributed by atoms with E-state index in [9.17, 15) is 9.18 Å². The van der Waals surface area contributed by atoms with Crippen LogP contribution in [-0.2, 0) is 0 Å². The number of nitrogens with zero attached hydrogens (tertiary/aromatic N) is 2. The van der Waals surface area contributed by atoms with Crippen molar-refractivity contribution >= 4 is 39.0 Å². The average molecular weight is 384 g/mol. The van der Waals surface area contributed by atoms with Crippen molar-refractivity contribution in [3.63, 3.8) is 0 Å². The standard InChI is InChI=1S/C15H9BrClFN2O2/c1-7-12(13-9(17)3-2-4-10(13)18)11-6-5-8(15(21)22)14(16)20(11)19-7/h2-6H,1H3,(H,21,22). The second kappa shape index (κ2) is 5.37. The number of aromatic nitrogens is 2. The van der Waals surface area contributed by atoms with Gasteiger partial charge in [-0.15, -0.1) is 0 Å². The van der Waals surface area contributed by atoms with E-state index in [-0.39, 0.29) is 16.1 Å². The summed E-state index contributed by atoms with van der Waals surface area (Å²) in [5, 5.41) is 13.7. The van der Waals surface area contributed by atoms with Gasteiger partial charge in [-0.25, -0.2) is 13.7 Å². The molecule has 0 amide bonds. The molecule has 2 heterocycles. The molecule has 4 nitrogen and oxygen atoms in total. The van der Waals surface area contributed by atoms with Gasteiger partial charge in [0.25, 0.3) is 0 Å². The van der Waals surface area contributed by atoms with Crippen LogP contribution >= 0.6 is 27.5 Å². The Bertz CT molecular complexity index is 903. The number of hydrogen-bond donors (Lipinski definition) is 1. The number of halogens is 3. The van der Waals surface area contributed by atoms with Crippen LogP contribution in [0.2, 0.25) is 5.02 Å². The largest absolute Gasteiger partial charge is 0.478 e. The Balaban J connectivity index is 2.40. The molecule has 0 saturated carbocycles. The lowest BCUT2D eigenvalue weighted by Crippen LogP contribution is -2.02. The summed E-state index contributed by atoms with van der Waals surface area (Å²) in [7, 11) is 0. The van der Waals surface area contributed by atoms with Crippen molar-refractivity contribution in [1.82, 2.24) is 9.61 Å².